The molecule has 0 radical (unpaired) electrons. The van der Waals surface area contributed by atoms with Gasteiger partial charge in [-0.15, -0.1) is 0 Å². The molecule has 2 aromatic rings. The van der Waals surface area contributed by atoms with E-state index in [1.807, 2.05) is 31.2 Å². The Morgan fingerprint density at radius 2 is 1.65 bits per heavy atom. The van der Waals surface area contributed by atoms with Crippen molar-refractivity contribution in [1.82, 2.24) is 0 Å². The smallest absolute Gasteiger partial charge is 0.264 e. The largest absolute Gasteiger partial charge is 0.269 e. The zero-order valence-corrected chi connectivity index (χ0v) is 12.9. The molecule has 0 aromatic heterocycles. The summed E-state index contributed by atoms with van der Waals surface area (Å²) >= 11 is 5.80. The molecular weight excluding hydrogens is 294 g/mol. The number of anilines is 1. The van der Waals surface area contributed by atoms with Gasteiger partial charge in [0.25, 0.3) is 10.0 Å². The quantitative estimate of drug-likeness (QED) is 0.863. The number of halogens is 1. The van der Waals surface area contributed by atoms with Crippen molar-refractivity contribution in [2.24, 2.45) is 0 Å². The summed E-state index contributed by atoms with van der Waals surface area (Å²) in [5.74, 6) is 0. The molecule has 0 saturated carbocycles. The summed E-state index contributed by atoms with van der Waals surface area (Å²) in [6.45, 7) is 2.00. The standard InChI is InChI=1S/C15H16ClNO2S/c1-3-12-6-4-5-7-15(12)17(2)20(18,19)14-10-8-13(16)9-11-14/h4-11H,3H2,1-2H3. The van der Waals surface area contributed by atoms with Crippen LogP contribution in [0.2, 0.25) is 5.02 Å². The first-order chi connectivity index (χ1) is 9.46. The fraction of sp³-hybridized carbons (Fsp3) is 0.200. The lowest BCUT2D eigenvalue weighted by Crippen LogP contribution is -2.27. The molecule has 0 unspecified atom stereocenters. The summed E-state index contributed by atoms with van der Waals surface area (Å²) in [6, 6.07) is 13.7. The highest BCUT2D eigenvalue weighted by Crippen LogP contribution is 2.26. The van der Waals surface area contributed by atoms with E-state index in [0.717, 1.165) is 12.0 Å². The van der Waals surface area contributed by atoms with Gasteiger partial charge in [-0.1, -0.05) is 36.7 Å². The van der Waals surface area contributed by atoms with Crippen molar-refractivity contribution in [2.75, 3.05) is 11.4 Å². The number of benzene rings is 2. The molecule has 0 fully saturated rings. The Morgan fingerprint density at radius 3 is 2.25 bits per heavy atom. The number of hydrogen-bond donors (Lipinski definition) is 0. The van der Waals surface area contributed by atoms with Crippen LogP contribution in [0, 0.1) is 0 Å². The molecule has 20 heavy (non-hydrogen) atoms. The van der Waals surface area contributed by atoms with Crippen LogP contribution in [0.15, 0.2) is 53.4 Å². The van der Waals surface area contributed by atoms with Crippen LogP contribution in [0.4, 0.5) is 5.69 Å². The lowest BCUT2D eigenvalue weighted by atomic mass is 10.1. The van der Waals surface area contributed by atoms with E-state index in [0.29, 0.717) is 10.7 Å². The number of sulfonamides is 1. The molecule has 0 saturated heterocycles. The average molecular weight is 310 g/mol. The maximum absolute atomic E-state index is 12.6. The maximum Gasteiger partial charge on any atom is 0.264 e. The van der Waals surface area contributed by atoms with E-state index in [1.165, 1.54) is 16.4 Å². The van der Waals surface area contributed by atoms with Gasteiger partial charge in [0.05, 0.1) is 10.6 Å². The summed E-state index contributed by atoms with van der Waals surface area (Å²) in [5, 5.41) is 0.514. The first-order valence-electron chi connectivity index (χ1n) is 6.29. The highest BCUT2D eigenvalue weighted by Gasteiger charge is 2.22. The van der Waals surface area contributed by atoms with Crippen LogP contribution >= 0.6 is 11.6 Å². The minimum atomic E-state index is -3.57. The zero-order valence-electron chi connectivity index (χ0n) is 11.4. The molecular formula is C15H16ClNO2S. The average Bonchev–Trinajstić information content (AvgIpc) is 2.46. The minimum absolute atomic E-state index is 0.232. The number of hydrogen-bond acceptors (Lipinski definition) is 2. The molecule has 2 rings (SSSR count). The van der Waals surface area contributed by atoms with E-state index in [9.17, 15) is 8.42 Å². The number of rotatable bonds is 4. The second-order valence-corrected chi connectivity index (χ2v) is 6.81. The van der Waals surface area contributed by atoms with E-state index < -0.39 is 10.0 Å². The van der Waals surface area contributed by atoms with Crippen molar-refractivity contribution >= 4 is 27.3 Å². The van der Waals surface area contributed by atoms with Crippen molar-refractivity contribution in [3.8, 4) is 0 Å². The molecule has 0 aliphatic carbocycles. The SMILES string of the molecule is CCc1ccccc1N(C)S(=O)(=O)c1ccc(Cl)cc1. The van der Waals surface area contributed by atoms with E-state index in [2.05, 4.69) is 0 Å². The van der Waals surface area contributed by atoms with Crippen LogP contribution in [0.3, 0.4) is 0 Å². The molecule has 0 N–H and O–H groups in total. The Balaban J connectivity index is 2.46. The van der Waals surface area contributed by atoms with E-state index in [-0.39, 0.29) is 4.90 Å². The predicted molar refractivity (Wildman–Crippen MR) is 82.9 cm³/mol. The molecule has 0 spiro atoms. The third-order valence-corrected chi connectivity index (χ3v) is 5.22. The lowest BCUT2D eigenvalue weighted by molar-refractivity contribution is 0.594. The molecule has 0 aliphatic heterocycles. The van der Waals surface area contributed by atoms with Crippen LogP contribution in [0.25, 0.3) is 0 Å². The Morgan fingerprint density at radius 1 is 1.05 bits per heavy atom. The van der Waals surface area contributed by atoms with Crippen LogP contribution in [0.1, 0.15) is 12.5 Å². The second kappa shape index (κ2) is 5.85. The van der Waals surface area contributed by atoms with Gasteiger partial charge in [-0.25, -0.2) is 8.42 Å². The van der Waals surface area contributed by atoms with Gasteiger partial charge >= 0.3 is 0 Å². The normalized spacial score (nSPS) is 11.3. The van der Waals surface area contributed by atoms with Gasteiger partial charge in [0.15, 0.2) is 0 Å². The fourth-order valence-electron chi connectivity index (χ4n) is 2.01. The van der Waals surface area contributed by atoms with Crippen LogP contribution in [-0.2, 0) is 16.4 Å². The summed E-state index contributed by atoms with van der Waals surface area (Å²) in [6.07, 6.45) is 0.774. The second-order valence-electron chi connectivity index (χ2n) is 4.41. The monoisotopic (exact) mass is 309 g/mol. The number of aryl methyl sites for hydroxylation is 1. The summed E-state index contributed by atoms with van der Waals surface area (Å²) in [4.78, 5) is 0.232. The van der Waals surface area contributed by atoms with Gasteiger partial charge in [-0.05, 0) is 42.3 Å². The molecule has 106 valence electrons. The first-order valence-corrected chi connectivity index (χ1v) is 8.11. The lowest BCUT2D eigenvalue weighted by Gasteiger charge is -2.22. The van der Waals surface area contributed by atoms with Crippen LogP contribution in [0.5, 0.6) is 0 Å². The minimum Gasteiger partial charge on any atom is -0.269 e. The first kappa shape index (κ1) is 14.9. The Bertz CT molecular complexity index is 696. The van der Waals surface area contributed by atoms with Crippen molar-refractivity contribution in [3.05, 3.63) is 59.1 Å². The summed E-state index contributed by atoms with van der Waals surface area (Å²) < 4.78 is 26.5. The van der Waals surface area contributed by atoms with E-state index in [4.69, 9.17) is 11.6 Å². The number of para-hydroxylation sites is 1. The van der Waals surface area contributed by atoms with Crippen LogP contribution < -0.4 is 4.31 Å². The van der Waals surface area contributed by atoms with Gasteiger partial charge in [-0.2, -0.15) is 0 Å². The van der Waals surface area contributed by atoms with Gasteiger partial charge in [0, 0.05) is 12.1 Å². The van der Waals surface area contributed by atoms with Crippen LogP contribution in [-0.4, -0.2) is 15.5 Å². The Hall–Kier alpha value is -1.52. The molecule has 5 heteroatoms. The van der Waals surface area contributed by atoms with E-state index in [1.54, 1.807) is 19.2 Å². The molecule has 2 aromatic carbocycles. The van der Waals surface area contributed by atoms with Crippen molar-refractivity contribution < 1.29 is 8.42 Å². The van der Waals surface area contributed by atoms with Gasteiger partial charge in [-0.3, -0.25) is 4.31 Å². The molecule has 0 heterocycles. The maximum atomic E-state index is 12.6. The van der Waals surface area contributed by atoms with E-state index >= 15 is 0 Å². The predicted octanol–water partition coefficient (Wildman–Crippen LogP) is 3.73. The third kappa shape index (κ3) is 2.81. The highest BCUT2D eigenvalue weighted by molar-refractivity contribution is 7.92. The molecule has 0 aliphatic rings. The van der Waals surface area contributed by atoms with Gasteiger partial charge in [0.2, 0.25) is 0 Å². The summed E-state index contributed by atoms with van der Waals surface area (Å²) in [5.41, 5.74) is 1.69. The Kier molecular flexibility index (Phi) is 4.35. The highest BCUT2D eigenvalue weighted by atomic mass is 35.5. The molecule has 0 bridgehead atoms. The van der Waals surface area contributed by atoms with Crippen molar-refractivity contribution in [2.45, 2.75) is 18.2 Å². The van der Waals surface area contributed by atoms with Gasteiger partial charge < -0.3 is 0 Å². The van der Waals surface area contributed by atoms with Gasteiger partial charge in [0.1, 0.15) is 0 Å². The zero-order chi connectivity index (χ0) is 14.8. The van der Waals surface area contributed by atoms with Crippen molar-refractivity contribution in [1.29, 1.82) is 0 Å². The Labute approximate surface area is 124 Å². The fourth-order valence-corrected chi connectivity index (χ4v) is 3.37. The topological polar surface area (TPSA) is 37.4 Å². The third-order valence-electron chi connectivity index (χ3n) is 3.18. The summed E-state index contributed by atoms with van der Waals surface area (Å²) in [7, 11) is -2.00. The molecule has 3 nitrogen and oxygen atoms in total. The molecule has 0 atom stereocenters. The van der Waals surface area contributed by atoms with Crippen molar-refractivity contribution in [3.63, 3.8) is 0 Å². The molecule has 0 amide bonds. The number of nitrogens with zero attached hydrogens (tertiary/aromatic N) is 1.